The van der Waals surface area contributed by atoms with Crippen molar-refractivity contribution in [1.82, 2.24) is 10.3 Å². The summed E-state index contributed by atoms with van der Waals surface area (Å²) in [6.45, 7) is 0. The number of hydrogen-bond acceptors (Lipinski definition) is 3. The second-order valence-electron chi connectivity index (χ2n) is 5.39. The van der Waals surface area contributed by atoms with Gasteiger partial charge in [0, 0.05) is 35.1 Å². The molecule has 3 nitrogen and oxygen atoms in total. The molecule has 0 bridgehead atoms. The lowest BCUT2D eigenvalue weighted by atomic mass is 10.1. The van der Waals surface area contributed by atoms with Crippen molar-refractivity contribution in [3.05, 3.63) is 64.9 Å². The van der Waals surface area contributed by atoms with E-state index in [-0.39, 0.29) is 11.9 Å². The molecule has 1 aromatic carbocycles. The van der Waals surface area contributed by atoms with Crippen LogP contribution in [0.15, 0.2) is 48.8 Å². The first kappa shape index (κ1) is 15.4. The quantitative estimate of drug-likeness (QED) is 0.878. The predicted octanol–water partition coefficient (Wildman–Crippen LogP) is 3.64. The number of hydrogen-bond donors (Lipinski definition) is 1. The number of carbonyl (C=O) groups excluding carboxylic acids is 1. The van der Waals surface area contributed by atoms with Crippen molar-refractivity contribution >= 4 is 29.3 Å². The first-order chi connectivity index (χ1) is 10.7. The molecule has 1 amide bonds. The summed E-state index contributed by atoms with van der Waals surface area (Å²) < 4.78 is 0. The van der Waals surface area contributed by atoms with Gasteiger partial charge in [-0.05, 0) is 35.7 Å². The van der Waals surface area contributed by atoms with Crippen molar-refractivity contribution in [1.29, 1.82) is 0 Å². The minimum absolute atomic E-state index is 0.0959. The number of carbonyl (C=O) groups is 1. The Hall–Kier alpha value is -1.52. The fourth-order valence-electron chi connectivity index (χ4n) is 2.46. The van der Waals surface area contributed by atoms with Crippen LogP contribution in [0.25, 0.3) is 0 Å². The van der Waals surface area contributed by atoms with E-state index in [1.54, 1.807) is 24.2 Å². The van der Waals surface area contributed by atoms with Crippen LogP contribution in [-0.4, -0.2) is 22.7 Å². The van der Waals surface area contributed by atoms with Crippen LogP contribution in [0.2, 0.25) is 5.02 Å². The summed E-state index contributed by atoms with van der Waals surface area (Å²) in [5, 5.41) is 3.87. The summed E-state index contributed by atoms with van der Waals surface area (Å²) in [4.78, 5) is 15.9. The number of nitrogens with zero attached hydrogens (tertiary/aromatic N) is 1. The van der Waals surface area contributed by atoms with Crippen molar-refractivity contribution in [3.63, 3.8) is 0 Å². The van der Waals surface area contributed by atoms with Crippen molar-refractivity contribution in [2.45, 2.75) is 24.1 Å². The van der Waals surface area contributed by atoms with Gasteiger partial charge >= 0.3 is 0 Å². The van der Waals surface area contributed by atoms with E-state index < -0.39 is 0 Å². The Kier molecular flexibility index (Phi) is 5.01. The fraction of sp³-hybridized carbons (Fsp3) is 0.294. The van der Waals surface area contributed by atoms with E-state index in [1.165, 1.54) is 5.56 Å². The smallest absolute Gasteiger partial charge is 0.230 e. The number of halogens is 1. The van der Waals surface area contributed by atoms with Gasteiger partial charge in [-0.1, -0.05) is 29.8 Å². The molecule has 22 heavy (non-hydrogen) atoms. The van der Waals surface area contributed by atoms with E-state index >= 15 is 0 Å². The lowest BCUT2D eigenvalue weighted by Crippen LogP contribution is -2.28. The lowest BCUT2D eigenvalue weighted by Gasteiger charge is -2.06. The molecule has 1 heterocycles. The van der Waals surface area contributed by atoms with Crippen molar-refractivity contribution in [3.8, 4) is 0 Å². The Balaban J connectivity index is 1.41. The highest BCUT2D eigenvalue weighted by atomic mass is 35.5. The van der Waals surface area contributed by atoms with Gasteiger partial charge in [0.15, 0.2) is 0 Å². The average Bonchev–Trinajstić information content (AvgIpc) is 3.27. The number of pyridine rings is 1. The number of rotatable bonds is 6. The summed E-state index contributed by atoms with van der Waals surface area (Å²) in [7, 11) is 0. The molecule has 114 valence electrons. The second-order valence-corrected chi connectivity index (χ2v) is 6.78. The Labute approximate surface area is 139 Å². The van der Waals surface area contributed by atoms with Gasteiger partial charge < -0.3 is 5.32 Å². The SMILES string of the molecule is O=C(CSCc1ccncc1)N[C@@H]1C[C@H]1c1ccccc1Cl. The average molecular weight is 333 g/mol. The molecule has 1 aliphatic rings. The summed E-state index contributed by atoms with van der Waals surface area (Å²) in [5.74, 6) is 1.77. The van der Waals surface area contributed by atoms with Gasteiger partial charge in [0.05, 0.1) is 5.75 Å². The number of benzene rings is 1. The van der Waals surface area contributed by atoms with Gasteiger partial charge in [-0.2, -0.15) is 0 Å². The molecule has 1 aromatic heterocycles. The summed E-state index contributed by atoms with van der Waals surface area (Å²) >= 11 is 7.81. The van der Waals surface area contributed by atoms with Crippen LogP contribution in [0.4, 0.5) is 0 Å². The Morgan fingerprint density at radius 3 is 2.82 bits per heavy atom. The molecule has 1 aliphatic carbocycles. The molecular weight excluding hydrogens is 316 g/mol. The van der Waals surface area contributed by atoms with E-state index in [4.69, 9.17) is 11.6 Å². The van der Waals surface area contributed by atoms with Crippen LogP contribution in [0.1, 0.15) is 23.5 Å². The zero-order valence-electron chi connectivity index (χ0n) is 12.0. The maximum Gasteiger partial charge on any atom is 0.230 e. The van der Waals surface area contributed by atoms with Gasteiger partial charge in [0.2, 0.25) is 5.91 Å². The Morgan fingerprint density at radius 1 is 1.27 bits per heavy atom. The summed E-state index contributed by atoms with van der Waals surface area (Å²) in [6.07, 6.45) is 4.52. The van der Waals surface area contributed by atoms with Crippen LogP contribution in [0, 0.1) is 0 Å². The molecular formula is C17H17ClN2OS. The third-order valence-electron chi connectivity index (χ3n) is 3.69. The largest absolute Gasteiger partial charge is 0.352 e. The van der Waals surface area contributed by atoms with Gasteiger partial charge in [-0.15, -0.1) is 11.8 Å². The highest BCUT2D eigenvalue weighted by Crippen LogP contribution is 2.43. The van der Waals surface area contributed by atoms with E-state index in [0.29, 0.717) is 11.7 Å². The van der Waals surface area contributed by atoms with E-state index in [1.807, 2.05) is 36.4 Å². The first-order valence-corrected chi connectivity index (χ1v) is 8.78. The molecule has 0 spiro atoms. The molecule has 2 aromatic rings. The minimum Gasteiger partial charge on any atom is -0.352 e. The van der Waals surface area contributed by atoms with Gasteiger partial charge in [-0.25, -0.2) is 0 Å². The zero-order chi connectivity index (χ0) is 15.4. The van der Waals surface area contributed by atoms with Crippen LogP contribution in [-0.2, 0) is 10.5 Å². The molecule has 1 saturated carbocycles. The third kappa shape index (κ3) is 4.02. The molecule has 0 aliphatic heterocycles. The molecule has 0 saturated heterocycles. The van der Waals surface area contributed by atoms with Gasteiger partial charge in [0.25, 0.3) is 0 Å². The molecule has 5 heteroatoms. The number of amides is 1. The van der Waals surface area contributed by atoms with Crippen molar-refractivity contribution < 1.29 is 4.79 Å². The van der Waals surface area contributed by atoms with E-state index in [9.17, 15) is 4.79 Å². The maximum atomic E-state index is 12.0. The van der Waals surface area contributed by atoms with Crippen LogP contribution in [0.3, 0.4) is 0 Å². The highest BCUT2D eigenvalue weighted by molar-refractivity contribution is 7.99. The van der Waals surface area contributed by atoms with E-state index in [0.717, 1.165) is 22.8 Å². The normalized spacial score (nSPS) is 19.7. The molecule has 0 unspecified atom stereocenters. The van der Waals surface area contributed by atoms with Gasteiger partial charge in [0.1, 0.15) is 0 Å². The van der Waals surface area contributed by atoms with Crippen LogP contribution in [0.5, 0.6) is 0 Å². The molecule has 1 fully saturated rings. The number of thioether (sulfide) groups is 1. The minimum atomic E-state index is 0.0959. The molecule has 3 rings (SSSR count). The third-order valence-corrected chi connectivity index (χ3v) is 5.04. The molecule has 2 atom stereocenters. The maximum absolute atomic E-state index is 12.0. The zero-order valence-corrected chi connectivity index (χ0v) is 13.6. The monoisotopic (exact) mass is 332 g/mol. The summed E-state index contributed by atoms with van der Waals surface area (Å²) in [5.41, 5.74) is 2.33. The summed E-state index contributed by atoms with van der Waals surface area (Å²) in [6, 6.07) is 12.0. The standard InChI is InChI=1S/C17H17ClN2OS/c18-15-4-2-1-3-13(15)14-9-16(14)20-17(21)11-22-10-12-5-7-19-8-6-12/h1-8,14,16H,9-11H2,(H,20,21)/t14-,16+/m0/s1. The Bertz CT molecular complexity index is 650. The molecule has 1 N–H and O–H groups in total. The van der Waals surface area contributed by atoms with E-state index in [2.05, 4.69) is 10.3 Å². The second kappa shape index (κ2) is 7.16. The predicted molar refractivity (Wildman–Crippen MR) is 91.1 cm³/mol. The number of aromatic nitrogens is 1. The molecule has 0 radical (unpaired) electrons. The van der Waals surface area contributed by atoms with Gasteiger partial charge in [-0.3, -0.25) is 9.78 Å². The van der Waals surface area contributed by atoms with Crippen LogP contribution >= 0.6 is 23.4 Å². The topological polar surface area (TPSA) is 42.0 Å². The van der Waals surface area contributed by atoms with Crippen molar-refractivity contribution in [2.75, 3.05) is 5.75 Å². The first-order valence-electron chi connectivity index (χ1n) is 7.24. The van der Waals surface area contributed by atoms with Crippen LogP contribution < -0.4 is 5.32 Å². The van der Waals surface area contributed by atoms with Crippen molar-refractivity contribution in [2.24, 2.45) is 0 Å². The highest BCUT2D eigenvalue weighted by Gasteiger charge is 2.40. The lowest BCUT2D eigenvalue weighted by molar-refractivity contribution is -0.118. The fourth-order valence-corrected chi connectivity index (χ4v) is 3.54. The number of nitrogens with one attached hydrogen (secondary N) is 1. The Morgan fingerprint density at radius 2 is 2.05 bits per heavy atom.